The summed E-state index contributed by atoms with van der Waals surface area (Å²) in [6.45, 7) is -0.233. The molecule has 0 atom stereocenters. The number of rotatable bonds is 6. The summed E-state index contributed by atoms with van der Waals surface area (Å²) in [4.78, 5) is 25.4. The fraction of sp³-hybridized carbons (Fsp3) is 0.100. The molecule has 0 aliphatic rings. The Kier molecular flexibility index (Phi) is 5.48. The van der Waals surface area contributed by atoms with Gasteiger partial charge in [0.05, 0.1) is 17.1 Å². The number of aromatic nitrogens is 1. The Labute approximate surface area is 159 Å². The molecule has 0 saturated heterocycles. The van der Waals surface area contributed by atoms with E-state index in [1.165, 1.54) is 19.3 Å². The number of methoxy groups -OCH3 is 1. The molecule has 0 aliphatic heterocycles. The first-order valence-corrected chi connectivity index (χ1v) is 8.21. The van der Waals surface area contributed by atoms with E-state index in [0.29, 0.717) is 11.5 Å². The maximum absolute atomic E-state index is 12.1. The van der Waals surface area contributed by atoms with Crippen LogP contribution in [0.5, 0.6) is 0 Å². The molecule has 0 fully saturated rings. The van der Waals surface area contributed by atoms with Gasteiger partial charge in [-0.25, -0.2) is 0 Å². The number of hydrogen-bond acceptors (Lipinski definition) is 6. The lowest BCUT2D eigenvalue weighted by atomic mass is 10.1. The van der Waals surface area contributed by atoms with E-state index in [0.717, 1.165) is 5.56 Å². The lowest BCUT2D eigenvalue weighted by Crippen LogP contribution is -2.18. The van der Waals surface area contributed by atoms with E-state index >= 15 is 0 Å². The van der Waals surface area contributed by atoms with Crippen molar-refractivity contribution in [3.63, 3.8) is 0 Å². The van der Waals surface area contributed by atoms with Gasteiger partial charge in [-0.2, -0.15) is 5.26 Å². The summed E-state index contributed by atoms with van der Waals surface area (Å²) in [6, 6.07) is 14.6. The molecule has 8 nitrogen and oxygen atoms in total. The van der Waals surface area contributed by atoms with Crippen molar-refractivity contribution in [1.82, 2.24) is 4.98 Å². The monoisotopic (exact) mass is 377 g/mol. The summed E-state index contributed by atoms with van der Waals surface area (Å²) in [5.41, 5.74) is -0.660. The predicted molar refractivity (Wildman–Crippen MR) is 102 cm³/mol. The smallest absolute Gasteiger partial charge is 0.299 e. The maximum Gasteiger partial charge on any atom is 0.299 e. The van der Waals surface area contributed by atoms with Gasteiger partial charge in [-0.1, -0.05) is 30.3 Å². The minimum atomic E-state index is -0.718. The molecule has 0 spiro atoms. The Morgan fingerprint density at radius 2 is 2.00 bits per heavy atom. The topological polar surface area (TPSA) is 122 Å². The number of nitriles is 1. The summed E-state index contributed by atoms with van der Waals surface area (Å²) < 4.78 is 10.7. The third-order valence-corrected chi connectivity index (χ3v) is 4.00. The second-order valence-electron chi connectivity index (χ2n) is 5.77. The number of nitro groups is 1. The Balaban J connectivity index is 2.03. The van der Waals surface area contributed by atoms with Gasteiger partial charge in [-0.05, 0) is 24.3 Å². The van der Waals surface area contributed by atoms with E-state index in [-0.39, 0.29) is 29.1 Å². The Bertz CT molecular complexity index is 1140. The van der Waals surface area contributed by atoms with Gasteiger partial charge in [0, 0.05) is 12.7 Å². The van der Waals surface area contributed by atoms with Crippen LogP contribution in [0.3, 0.4) is 0 Å². The third kappa shape index (κ3) is 3.75. The van der Waals surface area contributed by atoms with Crippen LogP contribution in [0.25, 0.3) is 23.5 Å². The fourth-order valence-electron chi connectivity index (χ4n) is 2.76. The highest BCUT2D eigenvalue weighted by molar-refractivity contribution is 5.73. The van der Waals surface area contributed by atoms with Crippen molar-refractivity contribution < 1.29 is 14.1 Å². The normalized spacial score (nSPS) is 10.9. The average molecular weight is 377 g/mol. The number of furan rings is 1. The van der Waals surface area contributed by atoms with Gasteiger partial charge in [0.1, 0.15) is 28.8 Å². The van der Waals surface area contributed by atoms with Crippen LogP contribution in [-0.2, 0) is 11.3 Å². The lowest BCUT2D eigenvalue weighted by Gasteiger charge is -2.06. The van der Waals surface area contributed by atoms with Crippen molar-refractivity contribution in [2.24, 2.45) is 0 Å². The highest BCUT2D eigenvalue weighted by Crippen LogP contribution is 2.27. The molecule has 1 N–H and O–H groups in total. The molecule has 8 heteroatoms. The standard InChI is InChI=1S/C20H15N3O5/c1-27-12-16-15(11-21)20(24)22-17(19(16)23(25)26)9-7-14-8-10-18(28-14)13-5-3-2-4-6-13/h2-10H,12H2,1H3,(H,22,24). The number of hydrogen-bond donors (Lipinski definition) is 1. The molecule has 1 aromatic carbocycles. The number of ether oxygens (including phenoxy) is 1. The first-order valence-electron chi connectivity index (χ1n) is 8.21. The molecule has 140 valence electrons. The molecule has 2 aromatic heterocycles. The van der Waals surface area contributed by atoms with Crippen LogP contribution >= 0.6 is 0 Å². The number of H-pyrrole nitrogens is 1. The van der Waals surface area contributed by atoms with Crippen molar-refractivity contribution in [2.45, 2.75) is 6.61 Å². The Morgan fingerprint density at radius 1 is 1.25 bits per heavy atom. The Hall–Kier alpha value is -3.96. The van der Waals surface area contributed by atoms with Crippen LogP contribution in [0.4, 0.5) is 5.69 Å². The van der Waals surface area contributed by atoms with Gasteiger partial charge in [0.15, 0.2) is 0 Å². The largest absolute Gasteiger partial charge is 0.457 e. The highest BCUT2D eigenvalue weighted by Gasteiger charge is 2.25. The molecule has 0 amide bonds. The van der Waals surface area contributed by atoms with E-state index in [9.17, 15) is 14.9 Å². The molecule has 0 aliphatic carbocycles. The van der Waals surface area contributed by atoms with E-state index in [1.807, 2.05) is 30.3 Å². The minimum Gasteiger partial charge on any atom is -0.457 e. The van der Waals surface area contributed by atoms with Gasteiger partial charge < -0.3 is 14.1 Å². The SMILES string of the molecule is COCc1c([N+](=O)[O-])c(C=Cc2ccc(-c3ccccc3)o2)[nH]c(=O)c1C#N. The van der Waals surface area contributed by atoms with E-state index in [2.05, 4.69) is 4.98 Å². The zero-order valence-corrected chi connectivity index (χ0v) is 14.8. The van der Waals surface area contributed by atoms with E-state index < -0.39 is 10.5 Å². The van der Waals surface area contributed by atoms with Gasteiger partial charge in [0.25, 0.3) is 11.2 Å². The number of pyridine rings is 1. The zero-order valence-electron chi connectivity index (χ0n) is 14.8. The summed E-state index contributed by atoms with van der Waals surface area (Å²) in [5, 5.41) is 20.7. The zero-order chi connectivity index (χ0) is 20.1. The predicted octanol–water partition coefficient (Wildman–Crippen LogP) is 3.73. The minimum absolute atomic E-state index is 0.0429. The quantitative estimate of drug-likeness (QED) is 0.516. The maximum atomic E-state index is 12.1. The molecule has 3 aromatic rings. The van der Waals surface area contributed by atoms with Crippen molar-refractivity contribution in [3.05, 3.63) is 85.5 Å². The van der Waals surface area contributed by atoms with Crippen molar-refractivity contribution in [2.75, 3.05) is 7.11 Å². The average Bonchev–Trinajstić information content (AvgIpc) is 3.16. The molecular formula is C20H15N3O5. The molecular weight excluding hydrogens is 362 g/mol. The summed E-state index contributed by atoms with van der Waals surface area (Å²) in [5.74, 6) is 1.09. The fourth-order valence-corrected chi connectivity index (χ4v) is 2.76. The van der Waals surface area contributed by atoms with Gasteiger partial charge >= 0.3 is 0 Å². The Morgan fingerprint density at radius 3 is 2.64 bits per heavy atom. The highest BCUT2D eigenvalue weighted by atomic mass is 16.6. The van der Waals surface area contributed by atoms with Crippen molar-refractivity contribution >= 4 is 17.8 Å². The molecule has 2 heterocycles. The molecule has 0 saturated carbocycles. The summed E-state index contributed by atoms with van der Waals surface area (Å²) >= 11 is 0. The van der Waals surface area contributed by atoms with Gasteiger partial charge in [0.2, 0.25) is 0 Å². The second-order valence-corrected chi connectivity index (χ2v) is 5.77. The second kappa shape index (κ2) is 8.16. The third-order valence-electron chi connectivity index (χ3n) is 4.00. The lowest BCUT2D eigenvalue weighted by molar-refractivity contribution is -0.386. The van der Waals surface area contributed by atoms with Crippen molar-refractivity contribution in [3.8, 4) is 17.4 Å². The van der Waals surface area contributed by atoms with Crippen LogP contribution < -0.4 is 5.56 Å². The van der Waals surface area contributed by atoms with Crippen LogP contribution in [0.2, 0.25) is 0 Å². The first kappa shape index (κ1) is 18.8. The van der Waals surface area contributed by atoms with E-state index in [4.69, 9.17) is 14.4 Å². The molecule has 0 unspecified atom stereocenters. The molecule has 0 bridgehead atoms. The van der Waals surface area contributed by atoms with Gasteiger partial charge in [-0.15, -0.1) is 0 Å². The van der Waals surface area contributed by atoms with Crippen LogP contribution in [-0.4, -0.2) is 17.0 Å². The number of benzene rings is 1. The number of nitrogens with one attached hydrogen (secondary N) is 1. The number of aromatic amines is 1. The van der Waals surface area contributed by atoms with Crippen LogP contribution in [0.1, 0.15) is 22.6 Å². The van der Waals surface area contributed by atoms with Crippen LogP contribution in [0, 0.1) is 21.4 Å². The van der Waals surface area contributed by atoms with Crippen LogP contribution in [0.15, 0.2) is 51.7 Å². The molecule has 0 radical (unpaired) electrons. The first-order chi connectivity index (χ1) is 13.5. The molecule has 28 heavy (non-hydrogen) atoms. The summed E-state index contributed by atoms with van der Waals surface area (Å²) in [7, 11) is 1.33. The number of nitrogens with zero attached hydrogens (tertiary/aromatic N) is 2. The summed E-state index contributed by atoms with van der Waals surface area (Å²) in [6.07, 6.45) is 2.88. The van der Waals surface area contributed by atoms with Gasteiger partial charge in [-0.3, -0.25) is 14.9 Å². The van der Waals surface area contributed by atoms with E-state index in [1.54, 1.807) is 18.2 Å². The molecule has 3 rings (SSSR count). The van der Waals surface area contributed by atoms with Crippen molar-refractivity contribution in [1.29, 1.82) is 5.26 Å².